The van der Waals surface area contributed by atoms with Gasteiger partial charge in [-0.05, 0) is 29.7 Å². The number of carbonyl (C=O) groups excluding carboxylic acids is 2. The first kappa shape index (κ1) is 19.5. The summed E-state index contributed by atoms with van der Waals surface area (Å²) in [6.07, 6.45) is 2.98. The first-order valence-electron chi connectivity index (χ1n) is 9.25. The van der Waals surface area contributed by atoms with Crippen LogP contribution < -0.4 is 10.1 Å². The van der Waals surface area contributed by atoms with Crippen LogP contribution in [0, 0.1) is 0 Å². The van der Waals surface area contributed by atoms with Crippen LogP contribution in [0.15, 0.2) is 54.7 Å². The summed E-state index contributed by atoms with van der Waals surface area (Å²) in [6, 6.07) is 14.6. The molecule has 2 N–H and O–H groups in total. The van der Waals surface area contributed by atoms with Gasteiger partial charge in [-0.2, -0.15) is 0 Å². The lowest BCUT2D eigenvalue weighted by Gasteiger charge is -2.17. The number of esters is 1. The zero-order chi connectivity index (χ0) is 19.9. The maximum atomic E-state index is 12.4. The van der Waals surface area contributed by atoms with Crippen LogP contribution in [0.5, 0.6) is 5.75 Å². The number of rotatable bonds is 8. The first-order valence-corrected chi connectivity index (χ1v) is 9.25. The molecule has 0 aliphatic rings. The van der Waals surface area contributed by atoms with Crippen LogP contribution in [0.25, 0.3) is 10.9 Å². The Balaban J connectivity index is 1.67. The van der Waals surface area contributed by atoms with Gasteiger partial charge in [-0.25, -0.2) is 4.79 Å². The highest BCUT2D eigenvalue weighted by Gasteiger charge is 2.23. The number of para-hydroxylation sites is 2. The van der Waals surface area contributed by atoms with Gasteiger partial charge >= 0.3 is 5.97 Å². The second kappa shape index (κ2) is 9.08. The molecule has 0 fully saturated rings. The normalized spacial score (nSPS) is 11.8. The molecule has 0 bridgehead atoms. The van der Waals surface area contributed by atoms with Crippen molar-refractivity contribution in [2.24, 2.45) is 0 Å². The van der Waals surface area contributed by atoms with Gasteiger partial charge in [0, 0.05) is 23.5 Å². The van der Waals surface area contributed by atoms with E-state index < -0.39 is 12.0 Å². The lowest BCUT2D eigenvalue weighted by atomic mass is 10.0. The summed E-state index contributed by atoms with van der Waals surface area (Å²) in [5, 5.41) is 3.74. The number of benzene rings is 2. The lowest BCUT2D eigenvalue weighted by molar-refractivity contribution is -0.145. The van der Waals surface area contributed by atoms with Crippen molar-refractivity contribution in [1.82, 2.24) is 10.3 Å². The number of amides is 1. The van der Waals surface area contributed by atoms with Gasteiger partial charge in [-0.1, -0.05) is 43.3 Å². The van der Waals surface area contributed by atoms with Gasteiger partial charge in [-0.3, -0.25) is 4.79 Å². The third kappa shape index (κ3) is 4.52. The number of H-pyrrole nitrogens is 1. The Labute approximate surface area is 163 Å². The van der Waals surface area contributed by atoms with Gasteiger partial charge in [0.2, 0.25) is 0 Å². The van der Waals surface area contributed by atoms with Gasteiger partial charge in [0.15, 0.2) is 6.61 Å². The fraction of sp³-hybridized carbons (Fsp3) is 0.273. The van der Waals surface area contributed by atoms with Crippen molar-refractivity contribution in [3.8, 4) is 5.75 Å². The topological polar surface area (TPSA) is 80.4 Å². The Morgan fingerprint density at radius 3 is 2.61 bits per heavy atom. The molecular weight excluding hydrogens is 356 g/mol. The largest absolute Gasteiger partial charge is 0.483 e. The Morgan fingerprint density at radius 1 is 1.07 bits per heavy atom. The van der Waals surface area contributed by atoms with E-state index in [1.165, 1.54) is 7.11 Å². The molecule has 1 amide bonds. The molecule has 1 aromatic heterocycles. The van der Waals surface area contributed by atoms with Crippen molar-refractivity contribution < 1.29 is 19.1 Å². The highest BCUT2D eigenvalue weighted by atomic mass is 16.5. The quantitative estimate of drug-likeness (QED) is 0.589. The maximum absolute atomic E-state index is 12.4. The highest BCUT2D eigenvalue weighted by molar-refractivity contribution is 5.87. The van der Waals surface area contributed by atoms with Crippen LogP contribution >= 0.6 is 0 Å². The van der Waals surface area contributed by atoms with E-state index in [2.05, 4.69) is 10.3 Å². The number of methoxy groups -OCH3 is 1. The summed E-state index contributed by atoms with van der Waals surface area (Å²) >= 11 is 0. The van der Waals surface area contributed by atoms with Gasteiger partial charge in [0.1, 0.15) is 11.8 Å². The van der Waals surface area contributed by atoms with Crippen LogP contribution in [0.2, 0.25) is 0 Å². The third-order valence-corrected chi connectivity index (χ3v) is 4.63. The maximum Gasteiger partial charge on any atom is 0.328 e. The number of aromatic nitrogens is 1. The van der Waals surface area contributed by atoms with Crippen molar-refractivity contribution in [1.29, 1.82) is 0 Å². The monoisotopic (exact) mass is 380 g/mol. The molecular formula is C22H24N2O4. The Bertz CT molecular complexity index is 964. The summed E-state index contributed by atoms with van der Waals surface area (Å²) < 4.78 is 10.5. The van der Waals surface area contributed by atoms with E-state index in [1.54, 1.807) is 0 Å². The molecule has 2 aromatic carbocycles. The van der Waals surface area contributed by atoms with Crippen molar-refractivity contribution in [3.63, 3.8) is 0 Å². The van der Waals surface area contributed by atoms with Gasteiger partial charge in [0.25, 0.3) is 5.91 Å². The molecule has 0 saturated carbocycles. The molecule has 28 heavy (non-hydrogen) atoms. The van der Waals surface area contributed by atoms with Gasteiger partial charge < -0.3 is 19.8 Å². The number of aryl methyl sites for hydroxylation is 1. The number of aromatic amines is 1. The predicted octanol–water partition coefficient (Wildman–Crippen LogP) is 3.01. The third-order valence-electron chi connectivity index (χ3n) is 4.63. The van der Waals surface area contributed by atoms with Crippen molar-refractivity contribution in [2.45, 2.75) is 25.8 Å². The van der Waals surface area contributed by atoms with Crippen LogP contribution in [-0.4, -0.2) is 36.6 Å². The van der Waals surface area contributed by atoms with Gasteiger partial charge in [-0.15, -0.1) is 0 Å². The zero-order valence-corrected chi connectivity index (χ0v) is 16.0. The minimum absolute atomic E-state index is 0.168. The average molecular weight is 380 g/mol. The van der Waals surface area contributed by atoms with Crippen LogP contribution in [0.1, 0.15) is 18.1 Å². The molecule has 0 spiro atoms. The molecule has 1 heterocycles. The van der Waals surface area contributed by atoms with Crippen LogP contribution in [-0.2, 0) is 27.2 Å². The molecule has 6 nitrogen and oxygen atoms in total. The highest BCUT2D eigenvalue weighted by Crippen LogP contribution is 2.20. The molecule has 3 aromatic rings. The molecule has 146 valence electrons. The van der Waals surface area contributed by atoms with E-state index in [-0.39, 0.29) is 12.5 Å². The fourth-order valence-electron chi connectivity index (χ4n) is 3.17. The Hall–Kier alpha value is -3.28. The van der Waals surface area contributed by atoms with Gasteiger partial charge in [0.05, 0.1) is 7.11 Å². The first-order chi connectivity index (χ1) is 13.6. The minimum Gasteiger partial charge on any atom is -0.483 e. The number of fused-ring (bicyclic) bond motifs is 1. The standard InChI is InChI=1S/C22H24N2O4/c1-3-15-8-4-7-11-20(15)28-14-21(25)24-19(22(26)27-2)12-16-13-23-18-10-6-5-9-17(16)18/h4-11,13,19,23H,3,12,14H2,1-2H3,(H,24,25). The smallest absolute Gasteiger partial charge is 0.328 e. The molecule has 0 saturated heterocycles. The predicted molar refractivity (Wildman–Crippen MR) is 107 cm³/mol. The lowest BCUT2D eigenvalue weighted by Crippen LogP contribution is -2.44. The minimum atomic E-state index is -0.790. The van der Waals surface area contributed by atoms with E-state index in [1.807, 2.05) is 61.7 Å². The molecule has 1 atom stereocenters. The summed E-state index contributed by atoms with van der Waals surface area (Å²) in [5.41, 5.74) is 2.94. The summed E-state index contributed by atoms with van der Waals surface area (Å²) in [4.78, 5) is 27.8. The molecule has 1 unspecified atom stereocenters. The molecule has 6 heteroatoms. The number of hydrogen-bond donors (Lipinski definition) is 2. The molecule has 3 rings (SSSR count). The Morgan fingerprint density at radius 2 is 1.82 bits per heavy atom. The van der Waals surface area contributed by atoms with Crippen LogP contribution in [0.4, 0.5) is 0 Å². The van der Waals surface area contributed by atoms with E-state index in [9.17, 15) is 9.59 Å². The SMILES string of the molecule is CCc1ccccc1OCC(=O)NC(Cc1c[nH]c2ccccc12)C(=O)OC. The van der Waals surface area contributed by atoms with Crippen molar-refractivity contribution in [2.75, 3.05) is 13.7 Å². The van der Waals surface area contributed by atoms with Crippen molar-refractivity contribution in [3.05, 3.63) is 65.9 Å². The summed E-state index contributed by atoms with van der Waals surface area (Å²) in [7, 11) is 1.31. The van der Waals surface area contributed by atoms with E-state index in [0.29, 0.717) is 12.2 Å². The average Bonchev–Trinajstić information content (AvgIpc) is 3.14. The fourth-order valence-corrected chi connectivity index (χ4v) is 3.17. The van der Waals surface area contributed by atoms with E-state index >= 15 is 0 Å². The second-order valence-electron chi connectivity index (χ2n) is 6.46. The number of ether oxygens (including phenoxy) is 2. The summed E-state index contributed by atoms with van der Waals surface area (Å²) in [6.45, 7) is 1.86. The summed E-state index contributed by atoms with van der Waals surface area (Å²) in [5.74, 6) is -0.194. The van der Waals surface area contributed by atoms with Crippen molar-refractivity contribution >= 4 is 22.8 Å². The Kier molecular flexibility index (Phi) is 6.32. The molecule has 0 aliphatic heterocycles. The molecule has 0 aliphatic carbocycles. The molecule has 0 radical (unpaired) electrons. The number of nitrogens with one attached hydrogen (secondary N) is 2. The van der Waals surface area contributed by atoms with Crippen LogP contribution in [0.3, 0.4) is 0 Å². The van der Waals surface area contributed by atoms with E-state index in [0.717, 1.165) is 28.5 Å². The number of carbonyl (C=O) groups is 2. The number of hydrogen-bond acceptors (Lipinski definition) is 4. The zero-order valence-electron chi connectivity index (χ0n) is 16.0. The van der Waals surface area contributed by atoms with E-state index in [4.69, 9.17) is 9.47 Å². The second-order valence-corrected chi connectivity index (χ2v) is 6.46.